The van der Waals surface area contributed by atoms with Crippen LogP contribution in [0.2, 0.25) is 0 Å². The number of rotatable bonds is 7. The van der Waals surface area contributed by atoms with E-state index in [1.807, 2.05) is 19.9 Å². The van der Waals surface area contributed by atoms with Crippen LogP contribution in [0.3, 0.4) is 0 Å². The quantitative estimate of drug-likeness (QED) is 0.734. The third-order valence-corrected chi connectivity index (χ3v) is 2.98. The van der Waals surface area contributed by atoms with Crippen LogP contribution in [0.15, 0.2) is 12.1 Å². The summed E-state index contributed by atoms with van der Waals surface area (Å²) in [7, 11) is 1.57. The van der Waals surface area contributed by atoms with Crippen molar-refractivity contribution in [2.45, 2.75) is 32.6 Å². The molecule has 0 fully saturated rings. The second-order valence-corrected chi connectivity index (χ2v) is 4.49. The summed E-state index contributed by atoms with van der Waals surface area (Å²) in [5, 5.41) is 18.8. The lowest BCUT2D eigenvalue weighted by Gasteiger charge is -2.16. The van der Waals surface area contributed by atoms with Gasteiger partial charge >= 0.3 is 0 Å². The van der Waals surface area contributed by atoms with Crippen molar-refractivity contribution in [3.8, 4) is 11.5 Å². The number of ether oxygens (including phenoxy) is 2. The number of aliphatic hydroxyl groups is 1. The first-order chi connectivity index (χ1) is 8.60. The van der Waals surface area contributed by atoms with E-state index in [9.17, 15) is 5.11 Å². The fourth-order valence-electron chi connectivity index (χ4n) is 1.91. The normalized spacial score (nSPS) is 12.4. The molecule has 0 saturated carbocycles. The average Bonchev–Trinajstić information content (AvgIpc) is 2.35. The molecule has 0 heterocycles. The molecule has 0 bridgehead atoms. The Kier molecular flexibility index (Phi) is 5.95. The Balaban J connectivity index is 2.89. The van der Waals surface area contributed by atoms with Crippen molar-refractivity contribution in [2.24, 2.45) is 0 Å². The van der Waals surface area contributed by atoms with Gasteiger partial charge in [-0.15, -0.1) is 0 Å². The first kappa shape index (κ1) is 14.8. The summed E-state index contributed by atoms with van der Waals surface area (Å²) in [5.74, 6) is 1.19. The highest BCUT2D eigenvalue weighted by Crippen LogP contribution is 2.34. The Morgan fingerprint density at radius 1 is 1.33 bits per heavy atom. The van der Waals surface area contributed by atoms with Crippen molar-refractivity contribution in [1.29, 1.82) is 0 Å². The topological polar surface area (TPSA) is 58.9 Å². The summed E-state index contributed by atoms with van der Waals surface area (Å²) >= 11 is 0. The molecule has 102 valence electrons. The van der Waals surface area contributed by atoms with Gasteiger partial charge in [-0.3, -0.25) is 0 Å². The molecule has 0 saturated heterocycles. The smallest absolute Gasteiger partial charge is 0.188 e. The predicted molar refractivity (Wildman–Crippen MR) is 70.1 cm³/mol. The molecular formula is C14H22O4. The Bertz CT molecular complexity index is 376. The summed E-state index contributed by atoms with van der Waals surface area (Å²) in [6, 6.07) is 3.56. The molecule has 4 nitrogen and oxygen atoms in total. The number of phenolic OH excluding ortho intramolecular Hbond substituents is 1. The molecule has 1 aromatic rings. The first-order valence-corrected chi connectivity index (χ1v) is 6.16. The van der Waals surface area contributed by atoms with Crippen molar-refractivity contribution in [3.63, 3.8) is 0 Å². The van der Waals surface area contributed by atoms with Crippen LogP contribution in [0.4, 0.5) is 0 Å². The Labute approximate surface area is 108 Å². The highest BCUT2D eigenvalue weighted by molar-refractivity contribution is 5.46. The summed E-state index contributed by atoms with van der Waals surface area (Å²) < 4.78 is 10.3. The minimum absolute atomic E-state index is 0.171. The molecule has 0 radical (unpaired) electrons. The number of aryl methyl sites for hydroxylation is 1. The first-order valence-electron chi connectivity index (χ1n) is 6.16. The van der Waals surface area contributed by atoms with E-state index in [2.05, 4.69) is 0 Å². The Morgan fingerprint density at radius 3 is 2.67 bits per heavy atom. The zero-order chi connectivity index (χ0) is 13.5. The molecule has 1 aromatic carbocycles. The van der Waals surface area contributed by atoms with Crippen LogP contribution in [0.1, 0.15) is 36.8 Å². The van der Waals surface area contributed by atoms with Crippen LogP contribution in [0.5, 0.6) is 11.5 Å². The zero-order valence-corrected chi connectivity index (χ0v) is 11.3. The van der Waals surface area contributed by atoms with Crippen molar-refractivity contribution >= 4 is 0 Å². The van der Waals surface area contributed by atoms with Gasteiger partial charge in [0.05, 0.1) is 0 Å². The Morgan fingerprint density at radius 2 is 2.06 bits per heavy atom. The minimum atomic E-state index is 0.171. The Hall–Kier alpha value is -1.26. The molecule has 1 rings (SSSR count). The molecule has 1 atom stereocenters. The molecule has 0 aliphatic rings. The minimum Gasteiger partial charge on any atom is -0.508 e. The van der Waals surface area contributed by atoms with Gasteiger partial charge in [0.2, 0.25) is 0 Å². The van der Waals surface area contributed by atoms with E-state index in [1.54, 1.807) is 13.2 Å². The number of aliphatic hydroxyl groups excluding tert-OH is 1. The molecule has 0 spiro atoms. The van der Waals surface area contributed by atoms with Gasteiger partial charge in [0.25, 0.3) is 0 Å². The number of hydrogen-bond acceptors (Lipinski definition) is 4. The van der Waals surface area contributed by atoms with Crippen LogP contribution in [0, 0.1) is 6.92 Å². The van der Waals surface area contributed by atoms with Crippen LogP contribution < -0.4 is 4.74 Å². The van der Waals surface area contributed by atoms with Gasteiger partial charge in [-0.2, -0.15) is 0 Å². The second kappa shape index (κ2) is 7.24. The number of phenols is 1. The van der Waals surface area contributed by atoms with Gasteiger partial charge < -0.3 is 19.7 Å². The maximum absolute atomic E-state index is 9.96. The largest absolute Gasteiger partial charge is 0.508 e. The number of benzene rings is 1. The van der Waals surface area contributed by atoms with E-state index >= 15 is 0 Å². The highest BCUT2D eigenvalue weighted by Gasteiger charge is 2.13. The van der Waals surface area contributed by atoms with Gasteiger partial charge in [-0.25, -0.2) is 0 Å². The number of hydrogen-bond donors (Lipinski definition) is 2. The molecule has 0 amide bonds. The van der Waals surface area contributed by atoms with E-state index in [-0.39, 0.29) is 25.1 Å². The lowest BCUT2D eigenvalue weighted by Crippen LogP contribution is -2.03. The molecule has 0 unspecified atom stereocenters. The van der Waals surface area contributed by atoms with E-state index in [0.717, 1.165) is 29.7 Å². The van der Waals surface area contributed by atoms with Crippen molar-refractivity contribution < 1.29 is 19.7 Å². The maximum Gasteiger partial charge on any atom is 0.188 e. The summed E-state index contributed by atoms with van der Waals surface area (Å²) in [6.45, 7) is 4.27. The monoisotopic (exact) mass is 254 g/mol. The fraction of sp³-hybridized carbons (Fsp3) is 0.571. The van der Waals surface area contributed by atoms with Crippen molar-refractivity contribution in [3.05, 3.63) is 23.3 Å². The molecular weight excluding hydrogens is 232 g/mol. The molecule has 4 heteroatoms. The van der Waals surface area contributed by atoms with Crippen LogP contribution in [0.25, 0.3) is 0 Å². The third kappa shape index (κ3) is 3.89. The van der Waals surface area contributed by atoms with E-state index < -0.39 is 0 Å². The number of methoxy groups -OCH3 is 1. The maximum atomic E-state index is 9.96. The molecule has 0 aliphatic carbocycles. The number of aromatic hydroxyl groups is 1. The molecule has 0 aliphatic heterocycles. The molecule has 18 heavy (non-hydrogen) atoms. The zero-order valence-electron chi connectivity index (χ0n) is 11.3. The SMILES string of the molecule is COCOc1cc([C@H](C)CCCO)c(O)cc1C. The third-order valence-electron chi connectivity index (χ3n) is 2.98. The van der Waals surface area contributed by atoms with Crippen molar-refractivity contribution in [2.75, 3.05) is 20.5 Å². The fourth-order valence-corrected chi connectivity index (χ4v) is 1.91. The molecule has 0 aromatic heterocycles. The van der Waals surface area contributed by atoms with Crippen molar-refractivity contribution in [1.82, 2.24) is 0 Å². The summed E-state index contributed by atoms with van der Waals surface area (Å²) in [4.78, 5) is 0. The highest BCUT2D eigenvalue weighted by atomic mass is 16.7. The average molecular weight is 254 g/mol. The van der Waals surface area contributed by atoms with Gasteiger partial charge in [0.15, 0.2) is 6.79 Å². The van der Waals surface area contributed by atoms with E-state index in [4.69, 9.17) is 14.6 Å². The van der Waals surface area contributed by atoms with E-state index in [0.29, 0.717) is 0 Å². The van der Waals surface area contributed by atoms with E-state index in [1.165, 1.54) is 0 Å². The second-order valence-electron chi connectivity index (χ2n) is 4.49. The predicted octanol–water partition coefficient (Wildman–Crippen LogP) is 2.56. The molecule has 2 N–H and O–H groups in total. The van der Waals surface area contributed by atoms with Crippen LogP contribution >= 0.6 is 0 Å². The summed E-state index contributed by atoms with van der Waals surface area (Å²) in [5.41, 5.74) is 1.72. The van der Waals surface area contributed by atoms with Gasteiger partial charge in [-0.05, 0) is 43.4 Å². The lowest BCUT2D eigenvalue weighted by molar-refractivity contribution is 0.0505. The van der Waals surface area contributed by atoms with Crippen LogP contribution in [-0.2, 0) is 4.74 Å². The van der Waals surface area contributed by atoms with Gasteiger partial charge in [0.1, 0.15) is 11.5 Å². The summed E-state index contributed by atoms with van der Waals surface area (Å²) in [6.07, 6.45) is 1.56. The lowest BCUT2D eigenvalue weighted by atomic mass is 9.94. The van der Waals surface area contributed by atoms with Gasteiger partial charge in [0, 0.05) is 19.3 Å². The van der Waals surface area contributed by atoms with Crippen LogP contribution in [-0.4, -0.2) is 30.7 Å². The van der Waals surface area contributed by atoms with Gasteiger partial charge in [-0.1, -0.05) is 6.92 Å². The standard InChI is InChI=1S/C14H22O4/c1-10(5-4-6-15)12-8-14(18-9-17-3)11(2)7-13(12)16/h7-8,10,15-16H,4-6,9H2,1-3H3/t10-/m1/s1.